The highest BCUT2D eigenvalue weighted by Crippen LogP contribution is 2.41. The minimum atomic E-state index is -0.192. The molecule has 1 aromatic carbocycles. The van der Waals surface area contributed by atoms with Crippen molar-refractivity contribution in [3.63, 3.8) is 0 Å². The van der Waals surface area contributed by atoms with Crippen molar-refractivity contribution in [2.75, 3.05) is 32.7 Å². The van der Waals surface area contributed by atoms with E-state index in [2.05, 4.69) is 52.6 Å². The summed E-state index contributed by atoms with van der Waals surface area (Å²) in [5.74, 6) is -0.0722. The first-order valence-corrected chi connectivity index (χ1v) is 10.2. The van der Waals surface area contributed by atoms with Crippen molar-refractivity contribution < 1.29 is 9.59 Å². The van der Waals surface area contributed by atoms with E-state index in [9.17, 15) is 9.59 Å². The van der Waals surface area contributed by atoms with Crippen LogP contribution in [0.2, 0.25) is 0 Å². The molecule has 3 heterocycles. The molecule has 2 aromatic rings. The number of hydrogen-bond acceptors (Lipinski definition) is 4. The summed E-state index contributed by atoms with van der Waals surface area (Å²) >= 11 is 0. The van der Waals surface area contributed by atoms with Gasteiger partial charge in [0.25, 0.3) is 0 Å². The topological polar surface area (TPSA) is 68.4 Å². The molecular weight excluding hydrogens is 352 g/mol. The fourth-order valence-corrected chi connectivity index (χ4v) is 5.22. The molecule has 1 aliphatic carbocycles. The summed E-state index contributed by atoms with van der Waals surface area (Å²) in [5.41, 5.74) is 5.36. The van der Waals surface area contributed by atoms with E-state index < -0.39 is 0 Å². The number of amides is 2. The Bertz CT molecular complexity index is 960. The van der Waals surface area contributed by atoms with Crippen LogP contribution in [-0.2, 0) is 16.0 Å². The molecule has 146 valence electrons. The Kier molecular flexibility index (Phi) is 4.33. The van der Waals surface area contributed by atoms with E-state index in [4.69, 9.17) is 0 Å². The molecule has 0 spiro atoms. The van der Waals surface area contributed by atoms with Crippen LogP contribution in [0.25, 0.3) is 16.5 Å². The molecule has 1 fully saturated rings. The predicted molar refractivity (Wildman–Crippen MR) is 109 cm³/mol. The van der Waals surface area contributed by atoms with Crippen LogP contribution < -0.4 is 5.32 Å². The van der Waals surface area contributed by atoms with Crippen molar-refractivity contribution in [1.82, 2.24) is 20.1 Å². The zero-order valence-electron chi connectivity index (χ0n) is 16.2. The fourth-order valence-electron chi connectivity index (χ4n) is 5.22. The molecule has 2 aliphatic heterocycles. The van der Waals surface area contributed by atoms with Crippen LogP contribution in [0.3, 0.4) is 0 Å². The SMILES string of the molecule is CCCN1C[C@@H](CN2CC(=O)NC(=O)C2)C=C2c3cccc4[nH]cc(c34)C[C@H]21. The number of carbonyl (C=O) groups is 2. The third-order valence-electron chi connectivity index (χ3n) is 6.21. The first-order chi connectivity index (χ1) is 13.6. The quantitative estimate of drug-likeness (QED) is 0.796. The molecule has 2 N–H and O–H groups in total. The van der Waals surface area contributed by atoms with Gasteiger partial charge >= 0.3 is 0 Å². The van der Waals surface area contributed by atoms with E-state index in [0.717, 1.165) is 32.5 Å². The molecule has 2 amide bonds. The lowest BCUT2D eigenvalue weighted by atomic mass is 9.79. The number of aromatic nitrogens is 1. The van der Waals surface area contributed by atoms with E-state index in [-0.39, 0.29) is 11.8 Å². The lowest BCUT2D eigenvalue weighted by molar-refractivity contribution is -0.136. The molecule has 0 radical (unpaired) electrons. The van der Waals surface area contributed by atoms with Gasteiger partial charge in [-0.05, 0) is 42.2 Å². The lowest BCUT2D eigenvalue weighted by Gasteiger charge is -2.43. The summed E-state index contributed by atoms with van der Waals surface area (Å²) in [6.07, 6.45) is 6.74. The number of H-pyrrole nitrogens is 1. The molecule has 0 bridgehead atoms. The highest BCUT2D eigenvalue weighted by Gasteiger charge is 2.36. The summed E-state index contributed by atoms with van der Waals surface area (Å²) in [6, 6.07) is 6.92. The van der Waals surface area contributed by atoms with Crippen molar-refractivity contribution >= 4 is 28.3 Å². The number of benzene rings is 1. The van der Waals surface area contributed by atoms with E-state index in [1.165, 1.54) is 27.6 Å². The maximum absolute atomic E-state index is 11.8. The summed E-state index contributed by atoms with van der Waals surface area (Å²) < 4.78 is 0. The third-order valence-corrected chi connectivity index (χ3v) is 6.21. The van der Waals surface area contributed by atoms with Gasteiger partial charge in [0.15, 0.2) is 0 Å². The molecule has 2 atom stereocenters. The maximum Gasteiger partial charge on any atom is 0.240 e. The van der Waals surface area contributed by atoms with Crippen LogP contribution in [0.4, 0.5) is 0 Å². The van der Waals surface area contributed by atoms with Gasteiger partial charge in [-0.2, -0.15) is 0 Å². The van der Waals surface area contributed by atoms with E-state index in [1.807, 2.05) is 4.90 Å². The summed E-state index contributed by atoms with van der Waals surface area (Å²) in [7, 11) is 0. The maximum atomic E-state index is 11.8. The van der Waals surface area contributed by atoms with Crippen molar-refractivity contribution in [3.8, 4) is 0 Å². The Morgan fingerprint density at radius 2 is 2.00 bits per heavy atom. The monoisotopic (exact) mass is 378 g/mol. The van der Waals surface area contributed by atoms with Crippen molar-refractivity contribution in [2.24, 2.45) is 5.92 Å². The number of carbonyl (C=O) groups excluding carboxylic acids is 2. The molecule has 0 saturated carbocycles. The summed E-state index contributed by atoms with van der Waals surface area (Å²) in [4.78, 5) is 31.5. The zero-order valence-corrected chi connectivity index (χ0v) is 16.2. The van der Waals surface area contributed by atoms with Crippen LogP contribution >= 0.6 is 0 Å². The first kappa shape index (κ1) is 17.6. The standard InChI is InChI=1S/C22H26N4O2/c1-2-6-26-11-14(10-25-12-20(27)24-21(28)13-25)7-17-16-4-3-5-18-22(16)15(9-23-18)8-19(17)26/h3-5,7,9,14,19,23H,2,6,8,10-13H2,1H3,(H,24,27,28)/t14-,19-/m1/s1. The second-order valence-corrected chi connectivity index (χ2v) is 8.28. The van der Waals surface area contributed by atoms with E-state index >= 15 is 0 Å². The molecule has 6 nitrogen and oxygen atoms in total. The Balaban J connectivity index is 1.50. The molecule has 3 aliphatic rings. The first-order valence-electron chi connectivity index (χ1n) is 10.2. The number of fused-ring (bicyclic) bond motifs is 2. The molecule has 1 aromatic heterocycles. The van der Waals surface area contributed by atoms with Crippen molar-refractivity contribution in [1.29, 1.82) is 0 Å². The molecular formula is C22H26N4O2. The Morgan fingerprint density at radius 1 is 1.18 bits per heavy atom. The largest absolute Gasteiger partial charge is 0.361 e. The third kappa shape index (κ3) is 2.97. The van der Waals surface area contributed by atoms with E-state index in [0.29, 0.717) is 25.0 Å². The predicted octanol–water partition coefficient (Wildman–Crippen LogP) is 1.78. The van der Waals surface area contributed by atoms with Gasteiger partial charge in [-0.15, -0.1) is 0 Å². The van der Waals surface area contributed by atoms with Crippen LogP contribution in [0.15, 0.2) is 30.5 Å². The average molecular weight is 378 g/mol. The van der Waals surface area contributed by atoms with Gasteiger partial charge in [-0.25, -0.2) is 0 Å². The van der Waals surface area contributed by atoms with E-state index in [1.54, 1.807) is 0 Å². The second-order valence-electron chi connectivity index (χ2n) is 8.28. The Hall–Kier alpha value is -2.44. The number of nitrogens with zero attached hydrogens (tertiary/aromatic N) is 2. The fraction of sp³-hybridized carbons (Fsp3) is 0.455. The van der Waals surface area contributed by atoms with Gasteiger partial charge in [0.05, 0.1) is 13.1 Å². The number of imide groups is 1. The Labute approximate surface area is 164 Å². The lowest BCUT2D eigenvalue weighted by Crippen LogP contribution is -2.54. The van der Waals surface area contributed by atoms with Gasteiger partial charge in [0, 0.05) is 42.1 Å². The highest BCUT2D eigenvalue weighted by atomic mass is 16.2. The normalized spacial score (nSPS) is 25.5. The second kappa shape index (κ2) is 6.87. The zero-order chi connectivity index (χ0) is 19.3. The van der Waals surface area contributed by atoms with Crippen molar-refractivity contribution in [3.05, 3.63) is 41.6 Å². The van der Waals surface area contributed by atoms with Crippen LogP contribution in [0, 0.1) is 5.92 Å². The number of nitrogens with one attached hydrogen (secondary N) is 2. The highest BCUT2D eigenvalue weighted by molar-refractivity contribution is 5.99. The molecule has 1 saturated heterocycles. The molecule has 0 unspecified atom stereocenters. The number of rotatable bonds is 4. The average Bonchev–Trinajstić information content (AvgIpc) is 3.06. The molecule has 5 rings (SSSR count). The van der Waals surface area contributed by atoms with Gasteiger partial charge in [-0.1, -0.05) is 25.1 Å². The molecule has 28 heavy (non-hydrogen) atoms. The van der Waals surface area contributed by atoms with Gasteiger partial charge in [-0.3, -0.25) is 24.7 Å². The van der Waals surface area contributed by atoms with Gasteiger partial charge < -0.3 is 4.98 Å². The van der Waals surface area contributed by atoms with Crippen LogP contribution in [-0.4, -0.2) is 65.4 Å². The Morgan fingerprint density at radius 3 is 2.79 bits per heavy atom. The number of aromatic amines is 1. The minimum absolute atomic E-state index is 0.192. The van der Waals surface area contributed by atoms with Crippen molar-refractivity contribution in [2.45, 2.75) is 25.8 Å². The number of hydrogen-bond donors (Lipinski definition) is 2. The van der Waals surface area contributed by atoms with Crippen LogP contribution in [0.1, 0.15) is 24.5 Å². The number of piperazine rings is 1. The van der Waals surface area contributed by atoms with Gasteiger partial charge in [0.1, 0.15) is 0 Å². The summed E-state index contributed by atoms with van der Waals surface area (Å²) in [5, 5.41) is 3.75. The minimum Gasteiger partial charge on any atom is -0.361 e. The van der Waals surface area contributed by atoms with Gasteiger partial charge in [0.2, 0.25) is 11.8 Å². The molecule has 6 heteroatoms. The smallest absolute Gasteiger partial charge is 0.240 e. The summed E-state index contributed by atoms with van der Waals surface area (Å²) in [6.45, 7) is 5.62. The van der Waals surface area contributed by atoms with Crippen LogP contribution in [0.5, 0.6) is 0 Å².